The summed E-state index contributed by atoms with van der Waals surface area (Å²) in [4.78, 5) is 12.3. The molecule has 7 heteroatoms. The molecule has 3 N–H and O–H groups in total. The highest BCUT2D eigenvalue weighted by Gasteiger charge is 2.15. The van der Waals surface area contributed by atoms with Gasteiger partial charge in [-0.15, -0.1) is 0 Å². The Morgan fingerprint density at radius 3 is 2.37 bits per heavy atom. The van der Waals surface area contributed by atoms with Crippen molar-refractivity contribution in [2.75, 3.05) is 11.9 Å². The average molecular weight is 391 g/mol. The van der Waals surface area contributed by atoms with Crippen molar-refractivity contribution in [3.05, 3.63) is 52.6 Å². The minimum Gasteiger partial charge on any atom is -0.483 e. The maximum Gasteiger partial charge on any atom is 0.262 e. The van der Waals surface area contributed by atoms with Gasteiger partial charge in [0.25, 0.3) is 5.91 Å². The highest BCUT2D eigenvalue weighted by molar-refractivity contribution is 7.89. The lowest BCUT2D eigenvalue weighted by Crippen LogP contribution is -2.22. The van der Waals surface area contributed by atoms with Crippen molar-refractivity contribution >= 4 is 21.6 Å². The smallest absolute Gasteiger partial charge is 0.262 e. The molecule has 0 saturated heterocycles. The summed E-state index contributed by atoms with van der Waals surface area (Å²) in [5, 5.41) is 7.91. The molecule has 2 aromatic rings. The summed E-state index contributed by atoms with van der Waals surface area (Å²) in [6.45, 7) is 9.47. The van der Waals surface area contributed by atoms with Gasteiger partial charge in [-0.25, -0.2) is 13.6 Å². The van der Waals surface area contributed by atoms with Crippen LogP contribution in [-0.4, -0.2) is 20.9 Å². The first kappa shape index (κ1) is 20.9. The highest BCUT2D eigenvalue weighted by Crippen LogP contribution is 2.25. The SMILES string of the molecule is Cc1ccc(C(C)C)cc1OCC(=O)Nc1cc(S(N)(=O)=O)cc(C)c1C. The normalized spacial score (nSPS) is 11.5. The molecule has 6 nitrogen and oxygen atoms in total. The van der Waals surface area contributed by atoms with E-state index in [0.29, 0.717) is 17.4 Å². The molecule has 0 unspecified atom stereocenters. The van der Waals surface area contributed by atoms with Crippen LogP contribution in [0.15, 0.2) is 35.2 Å². The number of nitrogens with two attached hydrogens (primary N) is 1. The molecule has 1 amide bonds. The van der Waals surface area contributed by atoms with E-state index in [-0.39, 0.29) is 17.4 Å². The van der Waals surface area contributed by atoms with Crippen molar-refractivity contribution in [1.29, 1.82) is 0 Å². The van der Waals surface area contributed by atoms with Crippen LogP contribution in [0.25, 0.3) is 0 Å². The molecule has 0 spiro atoms. The first-order chi connectivity index (χ1) is 12.5. The van der Waals surface area contributed by atoms with Crippen molar-refractivity contribution in [2.45, 2.75) is 45.4 Å². The van der Waals surface area contributed by atoms with Gasteiger partial charge in [0, 0.05) is 5.69 Å². The van der Waals surface area contributed by atoms with E-state index in [0.717, 1.165) is 22.3 Å². The van der Waals surface area contributed by atoms with E-state index in [2.05, 4.69) is 19.2 Å². The fourth-order valence-electron chi connectivity index (χ4n) is 2.58. The van der Waals surface area contributed by atoms with Gasteiger partial charge in [0.2, 0.25) is 10.0 Å². The van der Waals surface area contributed by atoms with E-state index in [4.69, 9.17) is 9.88 Å². The molecule has 0 aliphatic carbocycles. The van der Waals surface area contributed by atoms with Crippen molar-refractivity contribution in [1.82, 2.24) is 0 Å². The fraction of sp³-hybridized carbons (Fsp3) is 0.350. The van der Waals surface area contributed by atoms with Crippen molar-refractivity contribution in [3.63, 3.8) is 0 Å². The summed E-state index contributed by atoms with van der Waals surface area (Å²) in [7, 11) is -3.86. The lowest BCUT2D eigenvalue weighted by Gasteiger charge is -2.15. The number of primary sulfonamides is 1. The molecule has 0 saturated carbocycles. The number of amides is 1. The van der Waals surface area contributed by atoms with Crippen LogP contribution in [0.1, 0.15) is 42.0 Å². The summed E-state index contributed by atoms with van der Waals surface area (Å²) >= 11 is 0. The van der Waals surface area contributed by atoms with Gasteiger partial charge in [-0.3, -0.25) is 4.79 Å². The molecular formula is C20H26N2O4S. The summed E-state index contributed by atoms with van der Waals surface area (Å²) < 4.78 is 28.9. The van der Waals surface area contributed by atoms with Gasteiger partial charge in [0.05, 0.1) is 4.90 Å². The second kappa shape index (κ2) is 8.10. The number of hydrogen-bond acceptors (Lipinski definition) is 4. The summed E-state index contributed by atoms with van der Waals surface area (Å²) in [6, 6.07) is 8.78. The van der Waals surface area contributed by atoms with Gasteiger partial charge < -0.3 is 10.1 Å². The molecular weight excluding hydrogens is 364 g/mol. The van der Waals surface area contributed by atoms with Gasteiger partial charge in [0.15, 0.2) is 6.61 Å². The maximum absolute atomic E-state index is 12.3. The summed E-state index contributed by atoms with van der Waals surface area (Å²) in [5.41, 5.74) is 3.96. The average Bonchev–Trinajstić information content (AvgIpc) is 2.56. The number of carbonyl (C=O) groups excluding carboxylic acids is 1. The van der Waals surface area contributed by atoms with Gasteiger partial charge in [-0.1, -0.05) is 26.0 Å². The molecule has 146 valence electrons. The van der Waals surface area contributed by atoms with Crippen LogP contribution in [0.2, 0.25) is 0 Å². The predicted molar refractivity (Wildman–Crippen MR) is 107 cm³/mol. The quantitative estimate of drug-likeness (QED) is 0.790. The molecule has 2 aromatic carbocycles. The number of nitrogens with one attached hydrogen (secondary N) is 1. The first-order valence-corrected chi connectivity index (χ1v) is 10.2. The highest BCUT2D eigenvalue weighted by atomic mass is 32.2. The Morgan fingerprint density at radius 1 is 1.11 bits per heavy atom. The third kappa shape index (κ3) is 5.30. The van der Waals surface area contributed by atoms with Gasteiger partial charge in [0.1, 0.15) is 5.75 Å². The number of carbonyl (C=O) groups is 1. The predicted octanol–water partition coefficient (Wildman–Crippen LogP) is 3.40. The number of benzene rings is 2. The Kier molecular flexibility index (Phi) is 6.28. The minimum atomic E-state index is -3.86. The molecule has 0 aliphatic heterocycles. The summed E-state index contributed by atoms with van der Waals surface area (Å²) in [5.74, 6) is 0.634. The van der Waals surface area contributed by atoms with Gasteiger partial charge in [-0.2, -0.15) is 0 Å². The van der Waals surface area contributed by atoms with Gasteiger partial charge in [-0.05, 0) is 67.1 Å². The number of aryl methyl sites for hydroxylation is 2. The third-order valence-corrected chi connectivity index (χ3v) is 5.37. The zero-order valence-corrected chi connectivity index (χ0v) is 17.1. The molecule has 0 atom stereocenters. The Hall–Kier alpha value is -2.38. The fourth-order valence-corrected chi connectivity index (χ4v) is 3.20. The Labute approximate surface area is 160 Å². The monoisotopic (exact) mass is 390 g/mol. The second-order valence-electron chi connectivity index (χ2n) is 6.97. The summed E-state index contributed by atoms with van der Waals surface area (Å²) in [6.07, 6.45) is 0. The van der Waals surface area contributed by atoms with Crippen LogP contribution in [0.4, 0.5) is 5.69 Å². The first-order valence-electron chi connectivity index (χ1n) is 8.66. The van der Waals surface area contributed by atoms with E-state index < -0.39 is 10.0 Å². The molecule has 0 bridgehead atoms. The minimum absolute atomic E-state index is 0.0395. The molecule has 0 fully saturated rings. The Morgan fingerprint density at radius 2 is 1.78 bits per heavy atom. The second-order valence-corrected chi connectivity index (χ2v) is 8.54. The standard InChI is InChI=1S/C20H26N2O4S/c1-12(2)16-7-6-13(3)19(9-16)26-11-20(23)22-18-10-17(27(21,24)25)8-14(4)15(18)5/h6-10,12H,11H2,1-5H3,(H,22,23)(H2,21,24,25). The van der Waals surface area contributed by atoms with Crippen LogP contribution in [-0.2, 0) is 14.8 Å². The molecule has 0 aromatic heterocycles. The number of anilines is 1. The molecule has 0 heterocycles. The van der Waals surface area contributed by atoms with E-state index in [9.17, 15) is 13.2 Å². The topological polar surface area (TPSA) is 98.5 Å². The zero-order valence-electron chi connectivity index (χ0n) is 16.3. The van der Waals surface area contributed by atoms with Crippen LogP contribution in [0, 0.1) is 20.8 Å². The molecule has 0 aliphatic rings. The molecule has 2 rings (SSSR count). The number of ether oxygens (including phenoxy) is 1. The Balaban J connectivity index is 2.15. The Bertz CT molecular complexity index is 966. The molecule has 27 heavy (non-hydrogen) atoms. The number of sulfonamides is 1. The van der Waals surface area contributed by atoms with Crippen LogP contribution in [0.5, 0.6) is 5.75 Å². The number of hydrogen-bond donors (Lipinski definition) is 2. The van der Waals surface area contributed by atoms with E-state index in [1.54, 1.807) is 13.8 Å². The van der Waals surface area contributed by atoms with Crippen molar-refractivity contribution in [2.24, 2.45) is 5.14 Å². The van der Waals surface area contributed by atoms with E-state index >= 15 is 0 Å². The van der Waals surface area contributed by atoms with E-state index in [1.807, 2.05) is 25.1 Å². The van der Waals surface area contributed by atoms with E-state index in [1.165, 1.54) is 12.1 Å². The van der Waals surface area contributed by atoms with Gasteiger partial charge >= 0.3 is 0 Å². The van der Waals surface area contributed by atoms with Crippen LogP contribution < -0.4 is 15.2 Å². The van der Waals surface area contributed by atoms with Crippen molar-refractivity contribution in [3.8, 4) is 5.75 Å². The lowest BCUT2D eigenvalue weighted by atomic mass is 10.0. The maximum atomic E-state index is 12.3. The molecule has 0 radical (unpaired) electrons. The van der Waals surface area contributed by atoms with Crippen LogP contribution in [0.3, 0.4) is 0 Å². The zero-order chi connectivity index (χ0) is 20.4. The third-order valence-electron chi connectivity index (χ3n) is 4.48. The largest absolute Gasteiger partial charge is 0.483 e. The lowest BCUT2D eigenvalue weighted by molar-refractivity contribution is -0.118. The van der Waals surface area contributed by atoms with Crippen molar-refractivity contribution < 1.29 is 17.9 Å². The number of rotatable bonds is 6. The van der Waals surface area contributed by atoms with Crippen LogP contribution >= 0.6 is 0 Å².